The normalized spacial score (nSPS) is 14.1. The van der Waals surface area contributed by atoms with Gasteiger partial charge in [-0.2, -0.15) is 0 Å². The smallest absolute Gasteiger partial charge is 0.341 e. The summed E-state index contributed by atoms with van der Waals surface area (Å²) in [4.78, 5) is 26.3. The molecule has 3 aromatic rings. The molecule has 0 atom stereocenters. The lowest BCUT2D eigenvalue weighted by Crippen LogP contribution is -2.44. The fraction of sp³-hybridized carbons (Fsp3) is 0.238. The molecule has 156 valence electrons. The van der Waals surface area contributed by atoms with E-state index in [9.17, 15) is 19.8 Å². The van der Waals surface area contributed by atoms with Crippen molar-refractivity contribution >= 4 is 22.6 Å². The van der Waals surface area contributed by atoms with Gasteiger partial charge in [-0.05, 0) is 30.3 Å². The van der Waals surface area contributed by atoms with Crippen LogP contribution >= 0.6 is 0 Å². The summed E-state index contributed by atoms with van der Waals surface area (Å²) in [6.45, 7) is 2.44. The number of anilines is 1. The minimum absolute atomic E-state index is 0.0297. The Morgan fingerprint density at radius 2 is 1.87 bits per heavy atom. The zero-order valence-electron chi connectivity index (χ0n) is 16.2. The van der Waals surface area contributed by atoms with E-state index in [2.05, 4.69) is 5.32 Å². The van der Waals surface area contributed by atoms with Gasteiger partial charge in [0.15, 0.2) is 11.6 Å². The van der Waals surface area contributed by atoms with Crippen molar-refractivity contribution < 1.29 is 24.1 Å². The Morgan fingerprint density at radius 1 is 1.20 bits per heavy atom. The minimum atomic E-state index is -1.42. The van der Waals surface area contributed by atoms with Crippen molar-refractivity contribution in [2.24, 2.45) is 0 Å². The zero-order valence-corrected chi connectivity index (χ0v) is 16.2. The Bertz CT molecular complexity index is 1180. The molecular weight excluding hydrogens is 393 g/mol. The lowest BCUT2D eigenvalue weighted by atomic mass is 10.1. The summed E-state index contributed by atoms with van der Waals surface area (Å²) in [7, 11) is 1.39. The Morgan fingerprint density at radius 3 is 2.47 bits per heavy atom. The number of phenolic OH excluding ortho intramolecular Hbond substituents is 1. The van der Waals surface area contributed by atoms with Gasteiger partial charge >= 0.3 is 5.97 Å². The number of rotatable bonds is 4. The summed E-state index contributed by atoms with van der Waals surface area (Å²) in [6.07, 6.45) is 1.20. The SMILES string of the molecule is COc1c(N2CCNCC2)c(F)cc2c(=O)c(C(=O)O)cn(-c3ccc(O)cc3)c12. The number of fused-ring (bicyclic) bond motifs is 1. The predicted molar refractivity (Wildman–Crippen MR) is 110 cm³/mol. The monoisotopic (exact) mass is 413 g/mol. The molecule has 0 radical (unpaired) electrons. The van der Waals surface area contributed by atoms with Crippen LogP contribution in [0.1, 0.15) is 10.4 Å². The highest BCUT2D eigenvalue weighted by atomic mass is 19.1. The van der Waals surface area contributed by atoms with Gasteiger partial charge in [-0.1, -0.05) is 0 Å². The molecule has 4 rings (SSSR count). The summed E-state index contributed by atoms with van der Waals surface area (Å²) in [5.41, 5.74) is -0.324. The fourth-order valence-corrected chi connectivity index (χ4v) is 3.76. The maximum Gasteiger partial charge on any atom is 0.341 e. The standard InChI is InChI=1S/C21H20FN3O5/c1-30-20-17-14(10-16(22)18(20)24-8-6-23-7-9-24)19(27)15(21(28)29)11-25(17)12-2-4-13(26)5-3-12/h2-5,10-11,23,26H,6-9H2,1H3,(H,28,29). The van der Waals surface area contributed by atoms with E-state index in [0.29, 0.717) is 31.9 Å². The summed E-state index contributed by atoms with van der Waals surface area (Å²) in [5, 5.41) is 22.2. The first-order chi connectivity index (χ1) is 14.4. The first kappa shape index (κ1) is 19.7. The van der Waals surface area contributed by atoms with Crippen molar-refractivity contribution in [1.29, 1.82) is 0 Å². The highest BCUT2D eigenvalue weighted by Gasteiger charge is 2.26. The number of hydrogen-bond acceptors (Lipinski definition) is 6. The van der Waals surface area contributed by atoms with E-state index < -0.39 is 22.8 Å². The number of hydrogen-bond donors (Lipinski definition) is 3. The van der Waals surface area contributed by atoms with Crippen LogP contribution in [0.5, 0.6) is 11.5 Å². The van der Waals surface area contributed by atoms with Gasteiger partial charge in [0.05, 0.1) is 12.5 Å². The number of aromatic nitrogens is 1. The average Bonchev–Trinajstić information content (AvgIpc) is 2.74. The number of carboxylic acids is 1. The summed E-state index contributed by atoms with van der Waals surface area (Å²) in [5.74, 6) is -1.89. The van der Waals surface area contributed by atoms with Crippen LogP contribution in [0.4, 0.5) is 10.1 Å². The number of methoxy groups -OCH3 is 1. The second kappa shape index (κ2) is 7.68. The van der Waals surface area contributed by atoms with Crippen LogP contribution < -0.4 is 20.4 Å². The molecule has 0 unspecified atom stereocenters. The molecule has 9 heteroatoms. The number of piperazine rings is 1. The number of nitrogens with zero attached hydrogens (tertiary/aromatic N) is 2. The van der Waals surface area contributed by atoms with Crippen LogP contribution in [-0.2, 0) is 0 Å². The third-order valence-corrected chi connectivity index (χ3v) is 5.17. The van der Waals surface area contributed by atoms with Crippen LogP contribution in [0.3, 0.4) is 0 Å². The Labute approximate surface area is 170 Å². The van der Waals surface area contributed by atoms with Gasteiger partial charge in [0.2, 0.25) is 5.43 Å². The van der Waals surface area contributed by atoms with Gasteiger partial charge in [0.1, 0.15) is 22.5 Å². The average molecular weight is 413 g/mol. The number of ether oxygens (including phenoxy) is 1. The van der Waals surface area contributed by atoms with Crippen LogP contribution in [0.25, 0.3) is 16.6 Å². The van der Waals surface area contributed by atoms with Gasteiger partial charge in [-0.25, -0.2) is 9.18 Å². The lowest BCUT2D eigenvalue weighted by Gasteiger charge is -2.31. The van der Waals surface area contributed by atoms with Gasteiger partial charge < -0.3 is 29.7 Å². The van der Waals surface area contributed by atoms with E-state index in [0.717, 1.165) is 6.07 Å². The molecule has 8 nitrogen and oxygen atoms in total. The molecule has 30 heavy (non-hydrogen) atoms. The number of carbonyl (C=O) groups is 1. The number of pyridine rings is 1. The van der Waals surface area contributed by atoms with Crippen LogP contribution in [0.2, 0.25) is 0 Å². The number of carboxylic acid groups (broad SMARTS) is 1. The van der Waals surface area contributed by atoms with Crippen molar-refractivity contribution in [1.82, 2.24) is 9.88 Å². The number of benzene rings is 2. The molecule has 1 fully saturated rings. The van der Waals surface area contributed by atoms with Gasteiger partial charge in [0.25, 0.3) is 0 Å². The first-order valence-corrected chi connectivity index (χ1v) is 9.36. The zero-order chi connectivity index (χ0) is 21.4. The van der Waals surface area contributed by atoms with Crippen LogP contribution in [0.15, 0.2) is 41.3 Å². The van der Waals surface area contributed by atoms with Gasteiger partial charge in [0, 0.05) is 38.1 Å². The maximum absolute atomic E-state index is 15.2. The molecule has 0 bridgehead atoms. The Balaban J connectivity index is 2.12. The second-order valence-electron chi connectivity index (χ2n) is 6.94. The predicted octanol–water partition coefficient (Wildman–Crippen LogP) is 1.95. The third kappa shape index (κ3) is 3.22. The van der Waals surface area contributed by atoms with E-state index in [1.807, 2.05) is 4.90 Å². The first-order valence-electron chi connectivity index (χ1n) is 9.36. The topological polar surface area (TPSA) is 104 Å². The van der Waals surface area contributed by atoms with E-state index in [-0.39, 0.29) is 28.1 Å². The highest BCUT2D eigenvalue weighted by molar-refractivity contribution is 5.97. The fourth-order valence-electron chi connectivity index (χ4n) is 3.76. The summed E-state index contributed by atoms with van der Waals surface area (Å²) < 4.78 is 22.2. The number of aromatic carboxylic acids is 1. The largest absolute Gasteiger partial charge is 0.508 e. The molecular formula is C21H20FN3O5. The number of phenols is 1. The molecule has 0 saturated carbocycles. The van der Waals surface area contributed by atoms with Gasteiger partial charge in [-0.15, -0.1) is 0 Å². The molecule has 0 amide bonds. The quantitative estimate of drug-likeness (QED) is 0.601. The van der Waals surface area contributed by atoms with Crippen LogP contribution in [0, 0.1) is 5.82 Å². The minimum Gasteiger partial charge on any atom is -0.508 e. The van der Waals surface area contributed by atoms with Crippen LogP contribution in [-0.4, -0.2) is 54.0 Å². The van der Waals surface area contributed by atoms with Crippen molar-refractivity contribution in [2.45, 2.75) is 0 Å². The van der Waals surface area contributed by atoms with Crippen molar-refractivity contribution in [3.8, 4) is 17.2 Å². The van der Waals surface area contributed by atoms with Crippen molar-refractivity contribution in [3.63, 3.8) is 0 Å². The lowest BCUT2D eigenvalue weighted by molar-refractivity contribution is 0.0695. The van der Waals surface area contributed by atoms with Gasteiger partial charge in [-0.3, -0.25) is 4.79 Å². The van der Waals surface area contributed by atoms with E-state index in [4.69, 9.17) is 4.74 Å². The molecule has 3 N–H and O–H groups in total. The van der Waals surface area contributed by atoms with Crippen molar-refractivity contribution in [3.05, 3.63) is 58.1 Å². The molecule has 2 heterocycles. The molecule has 0 spiro atoms. The molecule has 2 aromatic carbocycles. The second-order valence-corrected chi connectivity index (χ2v) is 6.94. The summed E-state index contributed by atoms with van der Waals surface area (Å²) in [6, 6.07) is 7.08. The molecule has 1 aliphatic heterocycles. The molecule has 0 aliphatic carbocycles. The highest BCUT2D eigenvalue weighted by Crippen LogP contribution is 2.39. The summed E-state index contributed by atoms with van der Waals surface area (Å²) >= 11 is 0. The third-order valence-electron chi connectivity index (χ3n) is 5.17. The van der Waals surface area contributed by atoms with Crippen molar-refractivity contribution in [2.75, 3.05) is 38.2 Å². The van der Waals surface area contributed by atoms with E-state index in [1.54, 1.807) is 12.1 Å². The molecule has 1 saturated heterocycles. The Hall–Kier alpha value is -3.59. The molecule has 1 aliphatic rings. The number of halogens is 1. The Kier molecular flexibility index (Phi) is 5.04. The number of nitrogens with one attached hydrogen (secondary N) is 1. The number of aromatic hydroxyl groups is 1. The van der Waals surface area contributed by atoms with E-state index in [1.165, 1.54) is 30.0 Å². The van der Waals surface area contributed by atoms with E-state index >= 15 is 4.39 Å². The molecule has 1 aromatic heterocycles. The maximum atomic E-state index is 15.2.